The Bertz CT molecular complexity index is 217. The molecule has 0 bridgehead atoms. The van der Waals surface area contributed by atoms with Gasteiger partial charge < -0.3 is 5.32 Å². The molecule has 2 nitrogen and oxygen atoms in total. The van der Waals surface area contributed by atoms with Gasteiger partial charge >= 0.3 is 0 Å². The second-order valence-corrected chi connectivity index (χ2v) is 7.08. The molecule has 1 aliphatic heterocycles. The summed E-state index contributed by atoms with van der Waals surface area (Å²) in [6, 6.07) is 2.33. The number of nitrogens with one attached hydrogen (secondary N) is 1. The number of hydrogen-bond donors (Lipinski definition) is 1. The summed E-state index contributed by atoms with van der Waals surface area (Å²) in [6.45, 7) is 6.06. The summed E-state index contributed by atoms with van der Waals surface area (Å²) in [6.07, 6.45) is 0.939. The average molecular weight is 244 g/mol. The van der Waals surface area contributed by atoms with E-state index in [1.54, 1.807) is 0 Å². The molecule has 0 aromatic heterocycles. The summed E-state index contributed by atoms with van der Waals surface area (Å²) in [7, 11) is 0. The molecular weight excluding hydrogens is 224 g/mol. The number of rotatable bonds is 5. The predicted molar refractivity (Wildman–Crippen MR) is 70.5 cm³/mol. The van der Waals surface area contributed by atoms with Gasteiger partial charge in [-0.3, -0.25) is 0 Å². The van der Waals surface area contributed by atoms with Crippen molar-refractivity contribution in [1.82, 2.24) is 5.32 Å². The number of nitriles is 1. The van der Waals surface area contributed by atoms with Gasteiger partial charge in [0, 0.05) is 29.1 Å². The Balaban J connectivity index is 2.04. The highest BCUT2D eigenvalue weighted by atomic mass is 32.2. The third kappa shape index (κ3) is 5.70. The lowest BCUT2D eigenvalue weighted by molar-refractivity contribution is 0.434. The fourth-order valence-corrected chi connectivity index (χ4v) is 4.02. The van der Waals surface area contributed by atoms with Gasteiger partial charge in [0.05, 0.1) is 11.5 Å². The zero-order valence-electron chi connectivity index (χ0n) is 9.58. The van der Waals surface area contributed by atoms with Crippen molar-refractivity contribution < 1.29 is 0 Å². The summed E-state index contributed by atoms with van der Waals surface area (Å²) >= 11 is 4.14. The second kappa shape index (κ2) is 6.67. The van der Waals surface area contributed by atoms with E-state index in [0.29, 0.717) is 0 Å². The molecular formula is C11H20N2S2. The van der Waals surface area contributed by atoms with Crippen LogP contribution in [-0.4, -0.2) is 35.6 Å². The van der Waals surface area contributed by atoms with Crippen LogP contribution in [0, 0.1) is 16.7 Å². The molecule has 0 aromatic rings. The van der Waals surface area contributed by atoms with Gasteiger partial charge in [0.25, 0.3) is 0 Å². The predicted octanol–water partition coefficient (Wildman–Crippen LogP) is 2.36. The van der Waals surface area contributed by atoms with Crippen molar-refractivity contribution >= 4 is 23.5 Å². The van der Waals surface area contributed by atoms with Gasteiger partial charge in [-0.15, -0.1) is 0 Å². The second-order valence-electron chi connectivity index (χ2n) is 4.52. The molecule has 0 amide bonds. The molecule has 86 valence electrons. The van der Waals surface area contributed by atoms with E-state index in [1.807, 2.05) is 13.8 Å². The largest absolute Gasteiger partial charge is 0.316 e. The Morgan fingerprint density at radius 2 is 2.27 bits per heavy atom. The van der Waals surface area contributed by atoms with E-state index in [4.69, 9.17) is 5.26 Å². The monoisotopic (exact) mass is 244 g/mol. The molecule has 1 rings (SSSR count). The Morgan fingerprint density at radius 3 is 2.87 bits per heavy atom. The van der Waals surface area contributed by atoms with Crippen molar-refractivity contribution in [3.05, 3.63) is 0 Å². The van der Waals surface area contributed by atoms with Crippen LogP contribution in [0.15, 0.2) is 0 Å². The third-order valence-electron chi connectivity index (χ3n) is 2.49. The summed E-state index contributed by atoms with van der Waals surface area (Å²) in [5.41, 5.74) is -0.179. The molecule has 1 unspecified atom stereocenters. The van der Waals surface area contributed by atoms with Crippen LogP contribution >= 0.6 is 23.5 Å². The Hall–Kier alpha value is 0.150. The lowest BCUT2D eigenvalue weighted by Gasteiger charge is -2.22. The van der Waals surface area contributed by atoms with Crippen LogP contribution < -0.4 is 5.32 Å². The Kier molecular flexibility index (Phi) is 5.88. The van der Waals surface area contributed by atoms with Crippen LogP contribution in [0.4, 0.5) is 0 Å². The van der Waals surface area contributed by atoms with Crippen LogP contribution in [0.2, 0.25) is 0 Å². The normalized spacial score (nSPS) is 22.3. The van der Waals surface area contributed by atoms with Crippen LogP contribution in [0.25, 0.3) is 0 Å². The van der Waals surface area contributed by atoms with Gasteiger partial charge in [-0.1, -0.05) is 0 Å². The van der Waals surface area contributed by atoms with Crippen molar-refractivity contribution in [1.29, 1.82) is 5.26 Å². The van der Waals surface area contributed by atoms with Gasteiger partial charge in [0.1, 0.15) is 0 Å². The first kappa shape index (κ1) is 13.2. The highest BCUT2D eigenvalue weighted by molar-refractivity contribution is 8.06. The van der Waals surface area contributed by atoms with E-state index in [0.717, 1.165) is 24.8 Å². The summed E-state index contributed by atoms with van der Waals surface area (Å²) < 4.78 is 0. The molecule has 1 saturated heterocycles. The van der Waals surface area contributed by atoms with Crippen molar-refractivity contribution in [2.24, 2.45) is 5.41 Å². The fraction of sp³-hybridized carbons (Fsp3) is 0.909. The zero-order chi connectivity index (χ0) is 11.1. The first-order valence-electron chi connectivity index (χ1n) is 5.45. The number of nitrogens with zero attached hydrogens (tertiary/aromatic N) is 1. The van der Waals surface area contributed by atoms with Crippen molar-refractivity contribution in [3.63, 3.8) is 0 Å². The van der Waals surface area contributed by atoms with E-state index in [-0.39, 0.29) is 5.41 Å². The van der Waals surface area contributed by atoms with E-state index in [2.05, 4.69) is 34.9 Å². The molecule has 0 aromatic carbocycles. The number of hydrogen-bond acceptors (Lipinski definition) is 4. The fourth-order valence-electron chi connectivity index (χ4n) is 1.37. The highest BCUT2D eigenvalue weighted by Crippen LogP contribution is 2.23. The molecule has 4 heteroatoms. The van der Waals surface area contributed by atoms with E-state index >= 15 is 0 Å². The van der Waals surface area contributed by atoms with Gasteiger partial charge in [-0.05, 0) is 26.8 Å². The quantitative estimate of drug-likeness (QED) is 0.753. The van der Waals surface area contributed by atoms with Crippen molar-refractivity contribution in [3.8, 4) is 6.07 Å². The van der Waals surface area contributed by atoms with Gasteiger partial charge in [-0.2, -0.15) is 28.8 Å². The maximum absolute atomic E-state index is 8.86. The van der Waals surface area contributed by atoms with E-state index in [9.17, 15) is 0 Å². The summed E-state index contributed by atoms with van der Waals surface area (Å²) in [5.74, 6) is 3.88. The summed E-state index contributed by atoms with van der Waals surface area (Å²) in [4.78, 5) is 0. The number of thioether (sulfide) groups is 2. The average Bonchev–Trinajstić information content (AvgIpc) is 2.26. The molecule has 0 spiro atoms. The summed E-state index contributed by atoms with van der Waals surface area (Å²) in [5, 5.41) is 13.1. The van der Waals surface area contributed by atoms with Crippen LogP contribution in [-0.2, 0) is 0 Å². The molecule has 0 radical (unpaired) electrons. The van der Waals surface area contributed by atoms with Crippen LogP contribution in [0.5, 0.6) is 0 Å². The molecule has 1 atom stereocenters. The van der Waals surface area contributed by atoms with E-state index in [1.165, 1.54) is 17.3 Å². The molecule has 1 fully saturated rings. The van der Waals surface area contributed by atoms with Crippen LogP contribution in [0.3, 0.4) is 0 Å². The molecule has 1 N–H and O–H groups in total. The molecule has 1 heterocycles. The topological polar surface area (TPSA) is 35.8 Å². The molecule has 15 heavy (non-hydrogen) atoms. The Morgan fingerprint density at radius 1 is 1.47 bits per heavy atom. The first-order valence-corrected chi connectivity index (χ1v) is 7.66. The SMILES string of the molecule is CC(C)(C#N)CCNCC1CSCCS1. The molecule has 0 saturated carbocycles. The standard InChI is InChI=1S/C11H20N2S2/c1-11(2,9-12)3-4-13-7-10-8-14-5-6-15-10/h10,13H,3-8H2,1-2H3. The minimum Gasteiger partial charge on any atom is -0.316 e. The van der Waals surface area contributed by atoms with Gasteiger partial charge in [-0.25, -0.2) is 0 Å². The van der Waals surface area contributed by atoms with Crippen molar-refractivity contribution in [2.75, 3.05) is 30.3 Å². The Labute approximate surface area is 102 Å². The lowest BCUT2D eigenvalue weighted by atomic mass is 9.91. The van der Waals surface area contributed by atoms with Gasteiger partial charge in [0.2, 0.25) is 0 Å². The van der Waals surface area contributed by atoms with E-state index < -0.39 is 0 Å². The van der Waals surface area contributed by atoms with Crippen LogP contribution in [0.1, 0.15) is 20.3 Å². The molecule has 0 aliphatic carbocycles. The third-order valence-corrected chi connectivity index (χ3v) is 5.33. The van der Waals surface area contributed by atoms with Crippen molar-refractivity contribution in [2.45, 2.75) is 25.5 Å². The maximum atomic E-state index is 8.86. The molecule has 1 aliphatic rings. The smallest absolute Gasteiger partial charge is 0.0684 e. The lowest BCUT2D eigenvalue weighted by Crippen LogP contribution is -2.31. The maximum Gasteiger partial charge on any atom is 0.0684 e. The minimum atomic E-state index is -0.179. The zero-order valence-corrected chi connectivity index (χ0v) is 11.2. The highest BCUT2D eigenvalue weighted by Gasteiger charge is 2.17. The first-order chi connectivity index (χ1) is 7.14. The minimum absolute atomic E-state index is 0.179. The van der Waals surface area contributed by atoms with Gasteiger partial charge in [0.15, 0.2) is 0 Å².